The molecular formula is C15H18F2N4O2. The molecule has 3 heterocycles. The normalized spacial score (nSPS) is 18.1. The molecule has 0 bridgehead atoms. The Morgan fingerprint density at radius 2 is 2.26 bits per heavy atom. The summed E-state index contributed by atoms with van der Waals surface area (Å²) in [7, 11) is 0. The first-order valence-electron chi connectivity index (χ1n) is 7.62. The molecule has 0 N–H and O–H groups in total. The lowest BCUT2D eigenvalue weighted by molar-refractivity contribution is 0.0530. The van der Waals surface area contributed by atoms with Gasteiger partial charge in [-0.25, -0.2) is 0 Å². The zero-order valence-corrected chi connectivity index (χ0v) is 13.0. The molecule has 0 radical (unpaired) electrons. The van der Waals surface area contributed by atoms with Gasteiger partial charge in [-0.3, -0.25) is 9.36 Å². The van der Waals surface area contributed by atoms with Gasteiger partial charge in [0.25, 0.3) is 5.91 Å². The molecule has 1 fully saturated rings. The molecule has 6 nitrogen and oxygen atoms in total. The number of carbonyl (C=O) groups is 1. The Kier molecular flexibility index (Phi) is 4.14. The molecule has 1 saturated heterocycles. The lowest BCUT2D eigenvalue weighted by Gasteiger charge is -2.22. The van der Waals surface area contributed by atoms with Crippen molar-refractivity contribution < 1.29 is 18.1 Å². The van der Waals surface area contributed by atoms with E-state index in [1.807, 2.05) is 6.92 Å². The minimum Gasteiger partial charge on any atom is -0.337 e. The first kappa shape index (κ1) is 15.6. The summed E-state index contributed by atoms with van der Waals surface area (Å²) in [4.78, 5) is 18.5. The molecule has 23 heavy (non-hydrogen) atoms. The summed E-state index contributed by atoms with van der Waals surface area (Å²) >= 11 is 0. The molecule has 2 aromatic rings. The van der Waals surface area contributed by atoms with E-state index in [2.05, 4.69) is 10.1 Å². The largest absolute Gasteiger partial charge is 0.337 e. The van der Waals surface area contributed by atoms with Crippen LogP contribution in [0, 0.1) is 6.92 Å². The van der Waals surface area contributed by atoms with Crippen LogP contribution in [0.2, 0.25) is 0 Å². The molecule has 3 rings (SSSR count). The van der Waals surface area contributed by atoms with E-state index in [0.717, 1.165) is 11.0 Å². The summed E-state index contributed by atoms with van der Waals surface area (Å²) in [5.74, 6) is 0.517. The van der Waals surface area contributed by atoms with Crippen molar-refractivity contribution in [3.63, 3.8) is 0 Å². The molecule has 1 amide bonds. The first-order valence-corrected chi connectivity index (χ1v) is 7.62. The number of likely N-dealkylation sites (tertiary alicyclic amines) is 1. The Bertz CT molecular complexity index is 710. The van der Waals surface area contributed by atoms with Gasteiger partial charge in [-0.05, 0) is 31.9 Å². The SMILES string of the molecule is CCc1noc([C@@H]2CCCN2C(=O)c2ccc(C)n2C(F)F)n1. The van der Waals surface area contributed by atoms with Crippen LogP contribution in [0.5, 0.6) is 0 Å². The summed E-state index contributed by atoms with van der Waals surface area (Å²) in [5, 5.41) is 3.85. The maximum absolute atomic E-state index is 13.2. The van der Waals surface area contributed by atoms with Crippen LogP contribution in [-0.2, 0) is 6.42 Å². The van der Waals surface area contributed by atoms with Gasteiger partial charge in [0.2, 0.25) is 5.89 Å². The van der Waals surface area contributed by atoms with Gasteiger partial charge in [-0.2, -0.15) is 13.8 Å². The Hall–Kier alpha value is -2.25. The molecule has 1 atom stereocenters. The summed E-state index contributed by atoms with van der Waals surface area (Å²) in [6, 6.07) is 2.60. The monoisotopic (exact) mass is 324 g/mol. The number of aryl methyl sites for hydroxylation is 2. The minimum absolute atomic E-state index is 0.0142. The van der Waals surface area contributed by atoms with Crippen molar-refractivity contribution in [3.8, 4) is 0 Å². The van der Waals surface area contributed by atoms with Gasteiger partial charge < -0.3 is 9.42 Å². The molecule has 0 unspecified atom stereocenters. The smallest absolute Gasteiger partial charge is 0.319 e. The predicted octanol–water partition coefficient (Wildman–Crippen LogP) is 3.11. The average Bonchev–Trinajstić information content (AvgIpc) is 3.24. The number of halogens is 2. The van der Waals surface area contributed by atoms with E-state index in [1.54, 1.807) is 11.8 Å². The average molecular weight is 324 g/mol. The van der Waals surface area contributed by atoms with Crippen molar-refractivity contribution >= 4 is 5.91 Å². The molecule has 124 valence electrons. The van der Waals surface area contributed by atoms with Gasteiger partial charge in [0.05, 0.1) is 0 Å². The number of hydrogen-bond acceptors (Lipinski definition) is 4. The van der Waals surface area contributed by atoms with Crippen LogP contribution in [0.15, 0.2) is 16.7 Å². The predicted molar refractivity (Wildman–Crippen MR) is 77.1 cm³/mol. The third-order valence-corrected chi connectivity index (χ3v) is 4.13. The molecule has 0 aliphatic carbocycles. The highest BCUT2D eigenvalue weighted by atomic mass is 19.3. The molecule has 2 aromatic heterocycles. The molecule has 0 saturated carbocycles. The number of nitrogens with zero attached hydrogens (tertiary/aromatic N) is 4. The van der Waals surface area contributed by atoms with Crippen LogP contribution in [0.3, 0.4) is 0 Å². The number of amides is 1. The summed E-state index contributed by atoms with van der Waals surface area (Å²) < 4.78 is 32.4. The molecule has 1 aliphatic rings. The topological polar surface area (TPSA) is 64.2 Å². The van der Waals surface area contributed by atoms with E-state index >= 15 is 0 Å². The second kappa shape index (κ2) is 6.10. The van der Waals surface area contributed by atoms with Gasteiger partial charge in [0, 0.05) is 18.7 Å². The van der Waals surface area contributed by atoms with Crippen LogP contribution in [0.1, 0.15) is 60.3 Å². The first-order chi connectivity index (χ1) is 11.0. The third kappa shape index (κ3) is 2.73. The van der Waals surface area contributed by atoms with E-state index in [-0.39, 0.29) is 11.7 Å². The zero-order valence-electron chi connectivity index (χ0n) is 13.0. The summed E-state index contributed by atoms with van der Waals surface area (Å²) in [5.41, 5.74) is 0.338. The van der Waals surface area contributed by atoms with Crippen molar-refractivity contribution in [2.75, 3.05) is 6.54 Å². The molecule has 0 spiro atoms. The van der Waals surface area contributed by atoms with E-state index in [1.165, 1.54) is 12.1 Å². The Labute approximate surface area is 132 Å². The van der Waals surface area contributed by atoms with Crippen molar-refractivity contribution in [2.45, 2.75) is 45.7 Å². The number of alkyl halides is 2. The van der Waals surface area contributed by atoms with Crippen LogP contribution < -0.4 is 0 Å². The van der Waals surface area contributed by atoms with Gasteiger partial charge in [0.1, 0.15) is 11.7 Å². The Balaban J connectivity index is 1.89. The van der Waals surface area contributed by atoms with Crippen LogP contribution >= 0.6 is 0 Å². The lowest BCUT2D eigenvalue weighted by Crippen LogP contribution is -2.32. The van der Waals surface area contributed by atoms with E-state index in [0.29, 0.717) is 36.8 Å². The van der Waals surface area contributed by atoms with Crippen molar-refractivity contribution in [1.82, 2.24) is 19.6 Å². The quantitative estimate of drug-likeness (QED) is 0.867. The van der Waals surface area contributed by atoms with Gasteiger partial charge in [-0.15, -0.1) is 0 Å². The Morgan fingerprint density at radius 3 is 2.91 bits per heavy atom. The Morgan fingerprint density at radius 1 is 1.48 bits per heavy atom. The second-order valence-corrected chi connectivity index (χ2v) is 5.57. The third-order valence-electron chi connectivity index (χ3n) is 4.13. The van der Waals surface area contributed by atoms with Crippen LogP contribution in [0.25, 0.3) is 0 Å². The minimum atomic E-state index is -2.75. The molecule has 1 aliphatic heterocycles. The van der Waals surface area contributed by atoms with E-state index < -0.39 is 12.5 Å². The van der Waals surface area contributed by atoms with Crippen LogP contribution in [-0.4, -0.2) is 32.1 Å². The lowest BCUT2D eigenvalue weighted by atomic mass is 10.2. The molecule has 0 aromatic carbocycles. The van der Waals surface area contributed by atoms with Crippen molar-refractivity contribution in [1.29, 1.82) is 0 Å². The number of aromatic nitrogens is 3. The van der Waals surface area contributed by atoms with Crippen molar-refractivity contribution in [3.05, 3.63) is 35.2 Å². The highest BCUT2D eigenvalue weighted by molar-refractivity contribution is 5.93. The molecular weight excluding hydrogens is 306 g/mol. The van der Waals surface area contributed by atoms with Crippen molar-refractivity contribution in [2.24, 2.45) is 0 Å². The summed E-state index contributed by atoms with van der Waals surface area (Å²) in [6.45, 7) is 1.20. The van der Waals surface area contributed by atoms with E-state index in [4.69, 9.17) is 4.52 Å². The maximum Gasteiger partial charge on any atom is 0.319 e. The highest BCUT2D eigenvalue weighted by Gasteiger charge is 2.36. The summed E-state index contributed by atoms with van der Waals surface area (Å²) in [6.07, 6.45) is 2.09. The number of hydrogen-bond donors (Lipinski definition) is 0. The molecule has 8 heteroatoms. The number of carbonyl (C=O) groups excluding carboxylic acids is 1. The van der Waals surface area contributed by atoms with Crippen LogP contribution in [0.4, 0.5) is 8.78 Å². The fourth-order valence-electron chi connectivity index (χ4n) is 2.94. The maximum atomic E-state index is 13.2. The fraction of sp³-hybridized carbons (Fsp3) is 0.533. The standard InChI is InChI=1S/C15H18F2N4O2/c1-3-12-18-13(23-19-12)10-5-4-8-20(10)14(22)11-7-6-9(2)21(11)15(16)17/h6-7,10,15H,3-5,8H2,1-2H3/t10-/m0/s1. The van der Waals surface area contributed by atoms with Gasteiger partial charge in [-0.1, -0.05) is 12.1 Å². The number of rotatable bonds is 4. The highest BCUT2D eigenvalue weighted by Crippen LogP contribution is 2.33. The fourth-order valence-corrected chi connectivity index (χ4v) is 2.94. The second-order valence-electron chi connectivity index (χ2n) is 5.57. The van der Waals surface area contributed by atoms with E-state index in [9.17, 15) is 13.6 Å². The zero-order chi connectivity index (χ0) is 16.6. The van der Waals surface area contributed by atoms with Gasteiger partial charge in [0.15, 0.2) is 5.82 Å². The van der Waals surface area contributed by atoms with Gasteiger partial charge >= 0.3 is 6.55 Å².